The van der Waals surface area contributed by atoms with Crippen molar-refractivity contribution in [2.45, 2.75) is 30.8 Å². The molecule has 0 radical (unpaired) electrons. The molecule has 0 fully saturated rings. The van der Waals surface area contributed by atoms with Crippen LogP contribution in [-0.4, -0.2) is 32.0 Å². The SMILES string of the molecule is CCCn1c(SCc2nnc(NC)s2)n[nH]c1=O. The predicted molar refractivity (Wildman–Crippen MR) is 72.2 cm³/mol. The zero-order valence-corrected chi connectivity index (χ0v) is 11.8. The van der Waals surface area contributed by atoms with Crippen molar-refractivity contribution in [3.63, 3.8) is 0 Å². The predicted octanol–water partition coefficient (Wildman–Crippen LogP) is 1.17. The maximum Gasteiger partial charge on any atom is 0.343 e. The number of nitrogens with zero attached hydrogens (tertiary/aromatic N) is 4. The van der Waals surface area contributed by atoms with Gasteiger partial charge in [0.25, 0.3) is 0 Å². The van der Waals surface area contributed by atoms with Gasteiger partial charge in [0.1, 0.15) is 5.01 Å². The molecule has 0 bridgehead atoms. The number of rotatable bonds is 6. The Labute approximate surface area is 112 Å². The van der Waals surface area contributed by atoms with Crippen LogP contribution < -0.4 is 11.0 Å². The Hall–Kier alpha value is -1.35. The van der Waals surface area contributed by atoms with E-state index in [1.807, 2.05) is 14.0 Å². The molecule has 0 atom stereocenters. The lowest BCUT2D eigenvalue weighted by Crippen LogP contribution is -2.17. The van der Waals surface area contributed by atoms with Crippen LogP contribution >= 0.6 is 23.1 Å². The second-order valence-corrected chi connectivity index (χ2v) is 5.51. The summed E-state index contributed by atoms with van der Waals surface area (Å²) < 4.78 is 1.64. The zero-order valence-electron chi connectivity index (χ0n) is 10.1. The van der Waals surface area contributed by atoms with Crippen LogP contribution in [0, 0.1) is 0 Å². The highest BCUT2D eigenvalue weighted by molar-refractivity contribution is 7.98. The van der Waals surface area contributed by atoms with Crippen molar-refractivity contribution in [3.05, 3.63) is 15.5 Å². The third-order valence-corrected chi connectivity index (χ3v) is 4.29. The summed E-state index contributed by atoms with van der Waals surface area (Å²) in [4.78, 5) is 11.5. The highest BCUT2D eigenvalue weighted by atomic mass is 32.2. The lowest BCUT2D eigenvalue weighted by atomic mass is 10.5. The molecule has 2 N–H and O–H groups in total. The van der Waals surface area contributed by atoms with E-state index >= 15 is 0 Å². The van der Waals surface area contributed by atoms with Crippen LogP contribution in [0.15, 0.2) is 9.95 Å². The smallest absolute Gasteiger partial charge is 0.343 e. The largest absolute Gasteiger partial charge is 0.363 e. The summed E-state index contributed by atoms with van der Waals surface area (Å²) in [5.41, 5.74) is -0.160. The van der Waals surface area contributed by atoms with Gasteiger partial charge < -0.3 is 5.32 Å². The molecule has 2 aromatic rings. The van der Waals surface area contributed by atoms with Crippen molar-refractivity contribution in [2.75, 3.05) is 12.4 Å². The van der Waals surface area contributed by atoms with Gasteiger partial charge in [0.15, 0.2) is 5.16 Å². The fourth-order valence-electron chi connectivity index (χ4n) is 1.37. The van der Waals surface area contributed by atoms with Gasteiger partial charge in [0.05, 0.1) is 5.75 Å². The number of aromatic nitrogens is 5. The van der Waals surface area contributed by atoms with E-state index in [0.717, 1.165) is 16.6 Å². The molecule has 0 aliphatic heterocycles. The Kier molecular flexibility index (Phi) is 4.37. The van der Waals surface area contributed by atoms with Crippen LogP contribution in [0.3, 0.4) is 0 Å². The van der Waals surface area contributed by atoms with E-state index < -0.39 is 0 Å². The first-order valence-electron chi connectivity index (χ1n) is 5.52. The van der Waals surface area contributed by atoms with Gasteiger partial charge in [-0.1, -0.05) is 30.0 Å². The van der Waals surface area contributed by atoms with Crippen LogP contribution in [0.1, 0.15) is 18.4 Å². The molecule has 0 spiro atoms. The lowest BCUT2D eigenvalue weighted by molar-refractivity contribution is 0.604. The Bertz CT molecular complexity index is 559. The Morgan fingerprint density at radius 1 is 1.50 bits per heavy atom. The highest BCUT2D eigenvalue weighted by Gasteiger charge is 2.10. The molecule has 9 heteroatoms. The molecule has 18 heavy (non-hydrogen) atoms. The van der Waals surface area contributed by atoms with Gasteiger partial charge >= 0.3 is 5.69 Å². The van der Waals surface area contributed by atoms with Gasteiger partial charge in [0.2, 0.25) is 5.13 Å². The first-order valence-corrected chi connectivity index (χ1v) is 7.33. The van der Waals surface area contributed by atoms with Gasteiger partial charge in [-0.05, 0) is 6.42 Å². The Balaban J connectivity index is 2.03. The number of anilines is 1. The summed E-state index contributed by atoms with van der Waals surface area (Å²) in [6.07, 6.45) is 0.899. The molecule has 98 valence electrons. The summed E-state index contributed by atoms with van der Waals surface area (Å²) >= 11 is 2.98. The molecular formula is C9H14N6OS2. The maximum atomic E-state index is 11.5. The fourth-order valence-corrected chi connectivity index (χ4v) is 3.03. The topological polar surface area (TPSA) is 88.5 Å². The standard InChI is InChI=1S/C9H14N6OS2/c1-3-4-15-8(16)13-14-9(15)17-5-6-11-12-7(10-2)18-6/h3-5H2,1-2H3,(H,10,12)(H,13,16). The zero-order chi connectivity index (χ0) is 13.0. The number of aromatic amines is 1. The molecule has 0 aliphatic carbocycles. The van der Waals surface area contributed by atoms with Crippen molar-refractivity contribution < 1.29 is 0 Å². The van der Waals surface area contributed by atoms with E-state index in [0.29, 0.717) is 17.5 Å². The average molecular weight is 286 g/mol. The van der Waals surface area contributed by atoms with Crippen LogP contribution in [0.2, 0.25) is 0 Å². The lowest BCUT2D eigenvalue weighted by Gasteiger charge is -2.01. The molecular weight excluding hydrogens is 272 g/mol. The molecule has 2 rings (SSSR count). The van der Waals surface area contributed by atoms with Crippen LogP contribution in [0.4, 0.5) is 5.13 Å². The minimum absolute atomic E-state index is 0.160. The number of thioether (sulfide) groups is 1. The van der Waals surface area contributed by atoms with Crippen molar-refractivity contribution in [1.29, 1.82) is 0 Å². The Morgan fingerprint density at radius 2 is 2.33 bits per heavy atom. The molecule has 0 amide bonds. The number of nitrogens with one attached hydrogen (secondary N) is 2. The minimum atomic E-state index is -0.160. The molecule has 2 heterocycles. The van der Waals surface area contributed by atoms with Gasteiger partial charge in [-0.15, -0.1) is 15.3 Å². The van der Waals surface area contributed by atoms with Crippen LogP contribution in [0.5, 0.6) is 0 Å². The van der Waals surface area contributed by atoms with Gasteiger partial charge in [-0.2, -0.15) is 0 Å². The summed E-state index contributed by atoms with van der Waals surface area (Å²) in [6.45, 7) is 2.70. The quantitative estimate of drug-likeness (QED) is 0.775. The van der Waals surface area contributed by atoms with Crippen molar-refractivity contribution >= 4 is 28.2 Å². The molecule has 0 aliphatic rings. The molecule has 2 aromatic heterocycles. The van der Waals surface area contributed by atoms with Gasteiger partial charge in [-0.25, -0.2) is 9.89 Å². The second-order valence-electron chi connectivity index (χ2n) is 3.50. The van der Waals surface area contributed by atoms with E-state index in [1.165, 1.54) is 23.1 Å². The summed E-state index contributed by atoms with van der Waals surface area (Å²) in [7, 11) is 1.81. The molecule has 0 saturated carbocycles. The molecule has 0 unspecified atom stereocenters. The summed E-state index contributed by atoms with van der Waals surface area (Å²) in [5.74, 6) is 0.660. The molecule has 7 nitrogen and oxygen atoms in total. The van der Waals surface area contributed by atoms with Crippen LogP contribution in [0.25, 0.3) is 0 Å². The van der Waals surface area contributed by atoms with Gasteiger partial charge in [0, 0.05) is 13.6 Å². The van der Waals surface area contributed by atoms with E-state index in [1.54, 1.807) is 4.57 Å². The average Bonchev–Trinajstić information content (AvgIpc) is 2.96. The number of hydrogen-bond donors (Lipinski definition) is 2. The monoisotopic (exact) mass is 286 g/mol. The summed E-state index contributed by atoms with van der Waals surface area (Å²) in [6, 6.07) is 0. The third kappa shape index (κ3) is 2.91. The van der Waals surface area contributed by atoms with E-state index in [2.05, 4.69) is 25.7 Å². The maximum absolute atomic E-state index is 11.5. The highest BCUT2D eigenvalue weighted by Crippen LogP contribution is 2.23. The van der Waals surface area contributed by atoms with Crippen molar-refractivity contribution in [3.8, 4) is 0 Å². The second kappa shape index (κ2) is 6.01. The first kappa shape index (κ1) is 13.1. The summed E-state index contributed by atoms with van der Waals surface area (Å²) in [5, 5.41) is 19.8. The van der Waals surface area contributed by atoms with Crippen molar-refractivity contribution in [1.82, 2.24) is 25.0 Å². The van der Waals surface area contributed by atoms with E-state index in [-0.39, 0.29) is 5.69 Å². The van der Waals surface area contributed by atoms with E-state index in [9.17, 15) is 4.79 Å². The number of hydrogen-bond acceptors (Lipinski definition) is 7. The van der Waals surface area contributed by atoms with Gasteiger partial charge in [-0.3, -0.25) is 4.57 Å². The Morgan fingerprint density at radius 3 is 3.00 bits per heavy atom. The van der Waals surface area contributed by atoms with Crippen molar-refractivity contribution in [2.24, 2.45) is 0 Å². The molecule has 0 saturated heterocycles. The fraction of sp³-hybridized carbons (Fsp3) is 0.556. The number of H-pyrrole nitrogens is 1. The minimum Gasteiger partial charge on any atom is -0.363 e. The van der Waals surface area contributed by atoms with Crippen LogP contribution in [-0.2, 0) is 12.3 Å². The third-order valence-electron chi connectivity index (χ3n) is 2.18. The first-order chi connectivity index (χ1) is 8.74. The van der Waals surface area contributed by atoms with E-state index in [4.69, 9.17) is 0 Å². The molecule has 0 aromatic carbocycles. The normalized spacial score (nSPS) is 10.8.